The van der Waals surface area contributed by atoms with Crippen molar-refractivity contribution < 1.29 is 4.79 Å². The number of hydrogen-bond donors (Lipinski definition) is 0. The standard InChI is InChI=1S/C24H21NO/c1-18(26)25-22(16-21-14-8-9-15-24(21)25)17-23(19-10-4-2-5-11-19)20-12-6-3-7-13-20/h2-15,17,22H,16H2,1H3/t22-/m0/s1. The second-order valence-corrected chi connectivity index (χ2v) is 6.60. The highest BCUT2D eigenvalue weighted by Crippen LogP contribution is 2.35. The first-order chi connectivity index (χ1) is 12.7. The molecule has 1 aliphatic heterocycles. The number of carbonyl (C=O) groups excluding carboxylic acids is 1. The molecule has 0 radical (unpaired) electrons. The summed E-state index contributed by atoms with van der Waals surface area (Å²) in [6.45, 7) is 1.65. The van der Waals surface area contributed by atoms with E-state index >= 15 is 0 Å². The van der Waals surface area contributed by atoms with Gasteiger partial charge >= 0.3 is 0 Å². The van der Waals surface area contributed by atoms with E-state index in [1.165, 1.54) is 5.56 Å². The topological polar surface area (TPSA) is 20.3 Å². The normalized spacial score (nSPS) is 15.4. The highest BCUT2D eigenvalue weighted by Gasteiger charge is 2.30. The van der Waals surface area contributed by atoms with Crippen molar-refractivity contribution in [3.63, 3.8) is 0 Å². The van der Waals surface area contributed by atoms with Crippen molar-refractivity contribution in [2.45, 2.75) is 19.4 Å². The zero-order valence-corrected chi connectivity index (χ0v) is 14.8. The molecule has 0 aliphatic carbocycles. The maximum Gasteiger partial charge on any atom is 0.224 e. The third-order valence-electron chi connectivity index (χ3n) is 4.88. The van der Waals surface area contributed by atoms with E-state index in [4.69, 9.17) is 0 Å². The summed E-state index contributed by atoms with van der Waals surface area (Å²) in [6.07, 6.45) is 3.09. The molecule has 0 saturated carbocycles. The van der Waals surface area contributed by atoms with Gasteiger partial charge in [0.05, 0.1) is 6.04 Å². The van der Waals surface area contributed by atoms with E-state index in [0.717, 1.165) is 28.8 Å². The lowest BCUT2D eigenvalue weighted by molar-refractivity contribution is -0.116. The van der Waals surface area contributed by atoms with Crippen LogP contribution in [0.4, 0.5) is 5.69 Å². The number of para-hydroxylation sites is 1. The van der Waals surface area contributed by atoms with Crippen LogP contribution in [0.15, 0.2) is 91.0 Å². The summed E-state index contributed by atoms with van der Waals surface area (Å²) in [5, 5.41) is 0. The van der Waals surface area contributed by atoms with Crippen molar-refractivity contribution in [2.24, 2.45) is 0 Å². The van der Waals surface area contributed by atoms with Crippen LogP contribution in [-0.4, -0.2) is 11.9 Å². The molecule has 128 valence electrons. The molecule has 3 aromatic carbocycles. The Balaban J connectivity index is 1.82. The van der Waals surface area contributed by atoms with Crippen molar-refractivity contribution in [1.29, 1.82) is 0 Å². The molecule has 4 rings (SSSR count). The maximum atomic E-state index is 12.4. The summed E-state index contributed by atoms with van der Waals surface area (Å²) in [5.41, 5.74) is 5.75. The summed E-state index contributed by atoms with van der Waals surface area (Å²) in [5.74, 6) is 0.0803. The maximum absolute atomic E-state index is 12.4. The zero-order valence-electron chi connectivity index (χ0n) is 14.8. The third kappa shape index (κ3) is 3.06. The minimum Gasteiger partial charge on any atom is -0.305 e. The smallest absolute Gasteiger partial charge is 0.224 e. The van der Waals surface area contributed by atoms with Gasteiger partial charge in [-0.3, -0.25) is 4.79 Å². The predicted octanol–water partition coefficient (Wildman–Crippen LogP) is 5.10. The Morgan fingerprint density at radius 3 is 1.96 bits per heavy atom. The van der Waals surface area contributed by atoms with Gasteiger partial charge in [-0.2, -0.15) is 0 Å². The van der Waals surface area contributed by atoms with E-state index in [0.29, 0.717) is 0 Å². The number of hydrogen-bond acceptors (Lipinski definition) is 1. The molecule has 2 nitrogen and oxygen atoms in total. The van der Waals surface area contributed by atoms with Crippen LogP contribution in [-0.2, 0) is 11.2 Å². The number of fused-ring (bicyclic) bond motifs is 1. The quantitative estimate of drug-likeness (QED) is 0.650. The summed E-state index contributed by atoms with van der Waals surface area (Å²) in [6, 6.07) is 29.0. The van der Waals surface area contributed by atoms with Crippen molar-refractivity contribution in [3.05, 3.63) is 108 Å². The fourth-order valence-corrected chi connectivity index (χ4v) is 3.74. The molecule has 1 atom stereocenters. The van der Waals surface area contributed by atoms with E-state index in [1.54, 1.807) is 6.92 Å². The van der Waals surface area contributed by atoms with Crippen LogP contribution in [0.25, 0.3) is 5.57 Å². The molecule has 1 amide bonds. The summed E-state index contributed by atoms with van der Waals surface area (Å²) in [7, 11) is 0. The number of amides is 1. The fourth-order valence-electron chi connectivity index (χ4n) is 3.74. The van der Waals surface area contributed by atoms with Crippen LogP contribution in [0.2, 0.25) is 0 Å². The van der Waals surface area contributed by atoms with Crippen LogP contribution in [0.1, 0.15) is 23.6 Å². The van der Waals surface area contributed by atoms with Gasteiger partial charge in [-0.05, 0) is 34.8 Å². The second kappa shape index (κ2) is 7.01. The van der Waals surface area contributed by atoms with Crippen LogP contribution in [0.3, 0.4) is 0 Å². The lowest BCUT2D eigenvalue weighted by Gasteiger charge is -2.23. The monoisotopic (exact) mass is 339 g/mol. The number of nitrogens with zero attached hydrogens (tertiary/aromatic N) is 1. The molecule has 0 N–H and O–H groups in total. The molecular weight excluding hydrogens is 318 g/mol. The Kier molecular flexibility index (Phi) is 4.40. The Hall–Kier alpha value is -3.13. The number of anilines is 1. The predicted molar refractivity (Wildman–Crippen MR) is 107 cm³/mol. The van der Waals surface area contributed by atoms with Gasteiger partial charge in [-0.1, -0.05) is 84.9 Å². The number of rotatable bonds is 3. The second-order valence-electron chi connectivity index (χ2n) is 6.60. The molecule has 0 fully saturated rings. The van der Waals surface area contributed by atoms with E-state index in [2.05, 4.69) is 60.7 Å². The molecule has 0 aromatic heterocycles. The SMILES string of the molecule is CC(=O)N1c2ccccc2C[C@H]1C=C(c1ccccc1)c1ccccc1. The van der Waals surface area contributed by atoms with E-state index in [-0.39, 0.29) is 11.9 Å². The Bertz CT molecular complexity index is 903. The van der Waals surface area contributed by atoms with Crippen LogP contribution < -0.4 is 4.90 Å². The lowest BCUT2D eigenvalue weighted by atomic mass is 9.95. The Labute approximate surface area is 154 Å². The van der Waals surface area contributed by atoms with E-state index in [1.807, 2.05) is 35.2 Å². The lowest BCUT2D eigenvalue weighted by Crippen LogP contribution is -2.34. The fraction of sp³-hybridized carbons (Fsp3) is 0.125. The van der Waals surface area contributed by atoms with Crippen LogP contribution in [0.5, 0.6) is 0 Å². The molecule has 1 heterocycles. The largest absolute Gasteiger partial charge is 0.305 e. The summed E-state index contributed by atoms with van der Waals surface area (Å²) >= 11 is 0. The minimum atomic E-state index is 0.0281. The first-order valence-electron chi connectivity index (χ1n) is 8.94. The molecule has 0 unspecified atom stereocenters. The average molecular weight is 339 g/mol. The van der Waals surface area contributed by atoms with Gasteiger partial charge in [-0.15, -0.1) is 0 Å². The van der Waals surface area contributed by atoms with Gasteiger partial charge in [0.2, 0.25) is 5.91 Å². The van der Waals surface area contributed by atoms with Crippen molar-refractivity contribution in [1.82, 2.24) is 0 Å². The van der Waals surface area contributed by atoms with Gasteiger partial charge < -0.3 is 4.90 Å². The van der Waals surface area contributed by atoms with Gasteiger partial charge in [0.15, 0.2) is 0 Å². The molecule has 2 heteroatoms. The number of benzene rings is 3. The van der Waals surface area contributed by atoms with E-state index < -0.39 is 0 Å². The van der Waals surface area contributed by atoms with Gasteiger partial charge in [0, 0.05) is 12.6 Å². The van der Waals surface area contributed by atoms with Crippen molar-refractivity contribution in [2.75, 3.05) is 4.90 Å². The van der Waals surface area contributed by atoms with Gasteiger partial charge in [0.1, 0.15) is 0 Å². The zero-order chi connectivity index (χ0) is 17.9. The highest BCUT2D eigenvalue weighted by molar-refractivity contribution is 5.96. The van der Waals surface area contributed by atoms with Crippen molar-refractivity contribution in [3.8, 4) is 0 Å². The van der Waals surface area contributed by atoms with Crippen LogP contribution in [0, 0.1) is 0 Å². The summed E-state index contributed by atoms with van der Waals surface area (Å²) < 4.78 is 0. The average Bonchev–Trinajstić information content (AvgIpc) is 3.06. The molecule has 3 aromatic rings. The van der Waals surface area contributed by atoms with Gasteiger partial charge in [0.25, 0.3) is 0 Å². The molecule has 1 aliphatic rings. The Morgan fingerprint density at radius 2 is 1.38 bits per heavy atom. The summed E-state index contributed by atoms with van der Waals surface area (Å²) in [4.78, 5) is 14.3. The highest BCUT2D eigenvalue weighted by atomic mass is 16.2. The van der Waals surface area contributed by atoms with Crippen molar-refractivity contribution >= 4 is 17.2 Å². The first-order valence-corrected chi connectivity index (χ1v) is 8.94. The van der Waals surface area contributed by atoms with E-state index in [9.17, 15) is 4.79 Å². The minimum absolute atomic E-state index is 0.0281. The van der Waals surface area contributed by atoms with Gasteiger partial charge in [-0.25, -0.2) is 0 Å². The van der Waals surface area contributed by atoms with Crippen LogP contribution >= 0.6 is 0 Å². The molecule has 0 spiro atoms. The first kappa shape index (κ1) is 16.3. The molecule has 0 bridgehead atoms. The number of carbonyl (C=O) groups is 1. The Morgan fingerprint density at radius 1 is 0.846 bits per heavy atom. The molecular formula is C24H21NO. The molecule has 26 heavy (non-hydrogen) atoms. The third-order valence-corrected chi connectivity index (χ3v) is 4.88. The molecule has 0 saturated heterocycles.